The molecule has 2 aromatic heterocycles. The quantitative estimate of drug-likeness (QED) is 0.930. The number of hydrogen-bond donors (Lipinski definition) is 1. The van der Waals surface area contributed by atoms with Crippen molar-refractivity contribution in [3.8, 4) is 0 Å². The average molecular weight is 326 g/mol. The van der Waals surface area contributed by atoms with Crippen molar-refractivity contribution in [3.63, 3.8) is 0 Å². The van der Waals surface area contributed by atoms with Crippen molar-refractivity contribution in [2.75, 3.05) is 31.9 Å². The molecule has 1 aliphatic rings. The van der Waals surface area contributed by atoms with Crippen molar-refractivity contribution < 1.29 is 0 Å². The number of rotatable bonds is 4. The summed E-state index contributed by atoms with van der Waals surface area (Å²) in [4.78, 5) is 14.5. The third-order valence-electron chi connectivity index (χ3n) is 3.54. The van der Waals surface area contributed by atoms with Gasteiger partial charge in [-0.1, -0.05) is 6.07 Å². The van der Waals surface area contributed by atoms with Crippen LogP contribution >= 0.6 is 23.7 Å². The average Bonchev–Trinajstić information content (AvgIpc) is 2.88. The fraction of sp³-hybridized carbons (Fsp3) is 0.429. The lowest BCUT2D eigenvalue weighted by Crippen LogP contribution is -2.45. The third kappa shape index (κ3) is 4.64. The highest BCUT2D eigenvalue weighted by atomic mass is 35.5. The first-order valence-corrected chi connectivity index (χ1v) is 7.65. The van der Waals surface area contributed by atoms with Gasteiger partial charge in [0.05, 0.1) is 0 Å². The van der Waals surface area contributed by atoms with Crippen molar-refractivity contribution >= 4 is 28.9 Å². The largest absolute Gasteiger partial charge is 0.375 e. The molecule has 1 fully saturated rings. The maximum Gasteiger partial charge on any atom is 0.180 e. The molecule has 0 spiro atoms. The van der Waals surface area contributed by atoms with E-state index in [1.54, 1.807) is 11.3 Å². The first kappa shape index (κ1) is 16.2. The molecule has 7 heteroatoms. The van der Waals surface area contributed by atoms with Gasteiger partial charge >= 0.3 is 0 Å². The summed E-state index contributed by atoms with van der Waals surface area (Å²) in [6, 6.07) is 4.14. The van der Waals surface area contributed by atoms with Crippen LogP contribution in [0.2, 0.25) is 0 Å². The summed E-state index contributed by atoms with van der Waals surface area (Å²) in [7, 11) is 0. The number of piperazine rings is 1. The van der Waals surface area contributed by atoms with E-state index in [0.29, 0.717) is 5.13 Å². The normalized spacial score (nSPS) is 16.6. The highest BCUT2D eigenvalue weighted by Crippen LogP contribution is 2.17. The number of halogens is 1. The van der Waals surface area contributed by atoms with E-state index in [4.69, 9.17) is 5.73 Å². The molecule has 0 radical (unpaired) electrons. The molecule has 0 amide bonds. The van der Waals surface area contributed by atoms with Gasteiger partial charge in [0.15, 0.2) is 5.13 Å². The van der Waals surface area contributed by atoms with Gasteiger partial charge in [-0.2, -0.15) is 0 Å². The zero-order valence-electron chi connectivity index (χ0n) is 11.8. The number of anilines is 1. The topological polar surface area (TPSA) is 58.3 Å². The summed E-state index contributed by atoms with van der Waals surface area (Å²) in [6.07, 6.45) is 5.66. The lowest BCUT2D eigenvalue weighted by Gasteiger charge is -2.34. The van der Waals surface area contributed by atoms with Gasteiger partial charge in [-0.25, -0.2) is 4.98 Å². The Hall–Kier alpha value is -1.21. The van der Waals surface area contributed by atoms with E-state index in [-0.39, 0.29) is 12.4 Å². The van der Waals surface area contributed by atoms with Gasteiger partial charge in [0, 0.05) is 62.7 Å². The van der Waals surface area contributed by atoms with E-state index in [2.05, 4.69) is 25.8 Å². The minimum atomic E-state index is 0. The molecule has 2 aromatic rings. The summed E-state index contributed by atoms with van der Waals surface area (Å²) in [6.45, 7) is 6.35. The van der Waals surface area contributed by atoms with Gasteiger partial charge in [0.1, 0.15) is 0 Å². The minimum absolute atomic E-state index is 0. The molecular weight excluding hydrogens is 306 g/mol. The summed E-state index contributed by atoms with van der Waals surface area (Å²) in [5, 5.41) is 0.662. The van der Waals surface area contributed by atoms with Crippen LogP contribution in [0.15, 0.2) is 30.7 Å². The fourth-order valence-corrected chi connectivity index (χ4v) is 3.20. The SMILES string of the molecule is Cl.Nc1ncc(CN2CCN(Cc3cccnc3)CC2)s1. The van der Waals surface area contributed by atoms with Gasteiger partial charge in [0.2, 0.25) is 0 Å². The van der Waals surface area contributed by atoms with Crippen molar-refractivity contribution in [1.82, 2.24) is 19.8 Å². The van der Waals surface area contributed by atoms with Crippen molar-refractivity contribution in [3.05, 3.63) is 41.2 Å². The van der Waals surface area contributed by atoms with Crippen molar-refractivity contribution in [2.45, 2.75) is 13.1 Å². The number of nitrogen functional groups attached to an aromatic ring is 1. The molecule has 0 unspecified atom stereocenters. The van der Waals surface area contributed by atoms with Crippen LogP contribution in [-0.2, 0) is 13.1 Å². The molecule has 3 heterocycles. The van der Waals surface area contributed by atoms with Gasteiger partial charge in [-0.05, 0) is 11.6 Å². The summed E-state index contributed by atoms with van der Waals surface area (Å²) >= 11 is 1.59. The molecule has 1 aliphatic heterocycles. The van der Waals surface area contributed by atoms with Gasteiger partial charge in [-0.3, -0.25) is 14.8 Å². The van der Waals surface area contributed by atoms with E-state index < -0.39 is 0 Å². The van der Waals surface area contributed by atoms with E-state index in [1.165, 1.54) is 10.4 Å². The Morgan fingerprint density at radius 3 is 2.38 bits per heavy atom. The number of nitrogens with zero attached hydrogens (tertiary/aromatic N) is 4. The predicted octanol–water partition coefficient (Wildman–Crippen LogP) is 1.86. The Morgan fingerprint density at radius 2 is 1.81 bits per heavy atom. The zero-order chi connectivity index (χ0) is 13.8. The van der Waals surface area contributed by atoms with Crippen molar-refractivity contribution in [1.29, 1.82) is 0 Å². The summed E-state index contributed by atoms with van der Waals surface area (Å²) in [5.74, 6) is 0. The molecule has 1 saturated heterocycles. The first-order chi connectivity index (χ1) is 9.79. The molecule has 0 saturated carbocycles. The third-order valence-corrected chi connectivity index (χ3v) is 4.36. The summed E-state index contributed by atoms with van der Waals surface area (Å²) < 4.78 is 0. The number of hydrogen-bond acceptors (Lipinski definition) is 6. The Morgan fingerprint density at radius 1 is 1.10 bits per heavy atom. The van der Waals surface area contributed by atoms with E-state index >= 15 is 0 Å². The standard InChI is InChI=1S/C14H19N5S.ClH/c15-14-17-9-13(20-14)11-19-6-4-18(5-7-19)10-12-2-1-3-16-8-12;/h1-3,8-9H,4-7,10-11H2,(H2,15,17);1H. The lowest BCUT2D eigenvalue weighted by molar-refractivity contribution is 0.122. The molecule has 21 heavy (non-hydrogen) atoms. The van der Waals surface area contributed by atoms with Crippen LogP contribution in [0.3, 0.4) is 0 Å². The Balaban J connectivity index is 0.00000161. The maximum atomic E-state index is 5.67. The lowest BCUT2D eigenvalue weighted by atomic mass is 10.2. The first-order valence-electron chi connectivity index (χ1n) is 6.83. The van der Waals surface area contributed by atoms with Gasteiger partial charge < -0.3 is 5.73 Å². The fourth-order valence-electron chi connectivity index (χ4n) is 2.47. The van der Waals surface area contributed by atoms with Crippen molar-refractivity contribution in [2.24, 2.45) is 0 Å². The van der Waals surface area contributed by atoms with E-state index in [9.17, 15) is 0 Å². The highest BCUT2D eigenvalue weighted by molar-refractivity contribution is 7.15. The number of thiazole rings is 1. The zero-order valence-corrected chi connectivity index (χ0v) is 13.4. The van der Waals surface area contributed by atoms with Crippen LogP contribution in [0.1, 0.15) is 10.4 Å². The summed E-state index contributed by atoms with van der Waals surface area (Å²) in [5.41, 5.74) is 6.95. The second-order valence-electron chi connectivity index (χ2n) is 5.08. The molecule has 0 aliphatic carbocycles. The molecule has 114 valence electrons. The van der Waals surface area contributed by atoms with Crippen LogP contribution in [-0.4, -0.2) is 45.9 Å². The molecule has 3 rings (SSSR count). The van der Waals surface area contributed by atoms with Crippen LogP contribution < -0.4 is 5.73 Å². The molecule has 5 nitrogen and oxygen atoms in total. The Kier molecular flexibility index (Phi) is 5.93. The van der Waals surface area contributed by atoms with E-state index in [1.807, 2.05) is 24.7 Å². The van der Waals surface area contributed by atoms with Gasteiger partial charge in [0.25, 0.3) is 0 Å². The van der Waals surface area contributed by atoms with E-state index in [0.717, 1.165) is 39.3 Å². The predicted molar refractivity (Wildman–Crippen MR) is 88.6 cm³/mol. The molecule has 0 atom stereocenters. The second kappa shape index (κ2) is 7.70. The number of pyridine rings is 1. The Labute approximate surface area is 135 Å². The smallest absolute Gasteiger partial charge is 0.180 e. The maximum absolute atomic E-state index is 5.67. The second-order valence-corrected chi connectivity index (χ2v) is 6.23. The molecule has 0 bridgehead atoms. The highest BCUT2D eigenvalue weighted by Gasteiger charge is 2.17. The minimum Gasteiger partial charge on any atom is -0.375 e. The van der Waals surface area contributed by atoms with Gasteiger partial charge in [-0.15, -0.1) is 23.7 Å². The van der Waals surface area contributed by atoms with Crippen LogP contribution in [0.25, 0.3) is 0 Å². The molecule has 0 aromatic carbocycles. The Bertz CT molecular complexity index is 539. The number of nitrogens with two attached hydrogens (primary N) is 1. The van der Waals surface area contributed by atoms with Crippen LogP contribution in [0.5, 0.6) is 0 Å². The molecule has 2 N–H and O–H groups in total. The monoisotopic (exact) mass is 325 g/mol. The number of aromatic nitrogens is 2. The van der Waals surface area contributed by atoms with Crippen LogP contribution in [0.4, 0.5) is 5.13 Å². The molecular formula is C14H20ClN5S. The van der Waals surface area contributed by atoms with Crippen LogP contribution in [0, 0.1) is 0 Å².